The van der Waals surface area contributed by atoms with E-state index < -0.39 is 10.1 Å². The van der Waals surface area contributed by atoms with Gasteiger partial charge in [0.1, 0.15) is 11.6 Å². The van der Waals surface area contributed by atoms with Crippen LogP contribution in [0, 0.1) is 0 Å². The van der Waals surface area contributed by atoms with E-state index in [9.17, 15) is 13.0 Å². The maximum atomic E-state index is 11.8. The Morgan fingerprint density at radius 3 is 1.61 bits per heavy atom. The molecule has 0 spiro atoms. The van der Waals surface area contributed by atoms with Crippen molar-refractivity contribution in [2.75, 3.05) is 0 Å². The van der Waals surface area contributed by atoms with Crippen molar-refractivity contribution in [2.24, 2.45) is 0 Å². The lowest BCUT2D eigenvalue weighted by atomic mass is 10.1. The molecule has 0 aliphatic rings. The van der Waals surface area contributed by atoms with Gasteiger partial charge >= 0.3 is 0 Å². The number of benzene rings is 3. The summed E-state index contributed by atoms with van der Waals surface area (Å²) < 4.78 is 33.3. The zero-order chi connectivity index (χ0) is 19.3. The molecule has 0 aliphatic heterocycles. The summed E-state index contributed by atoms with van der Waals surface area (Å²) in [4.78, 5) is 15.2. The number of aromatic nitrogens is 4. The minimum Gasteiger partial charge on any atom is -0.338 e. The second kappa shape index (κ2) is 6.01. The molecule has 0 unspecified atom stereocenters. The first-order valence-electron chi connectivity index (χ1n) is 8.50. The van der Waals surface area contributed by atoms with Crippen LogP contribution in [0.3, 0.4) is 0 Å². The van der Waals surface area contributed by atoms with Gasteiger partial charge in [0.2, 0.25) is 0 Å². The third-order valence-electron chi connectivity index (χ3n) is 4.53. The fourth-order valence-electron chi connectivity index (χ4n) is 3.20. The van der Waals surface area contributed by atoms with Crippen molar-refractivity contribution in [3.8, 4) is 22.8 Å². The van der Waals surface area contributed by atoms with Crippen LogP contribution in [0.2, 0.25) is 0 Å². The first-order valence-corrected chi connectivity index (χ1v) is 9.94. The third kappa shape index (κ3) is 2.84. The molecule has 7 nitrogen and oxygen atoms in total. The van der Waals surface area contributed by atoms with E-state index in [0.717, 1.165) is 22.1 Å². The smallest absolute Gasteiger partial charge is 0.294 e. The molecule has 2 aromatic heterocycles. The van der Waals surface area contributed by atoms with Crippen molar-refractivity contribution in [3.63, 3.8) is 0 Å². The van der Waals surface area contributed by atoms with E-state index >= 15 is 0 Å². The number of hydrogen-bond acceptors (Lipinski definition) is 4. The Hall–Kier alpha value is -3.49. The molecule has 5 aromatic rings. The molecule has 5 rings (SSSR count). The van der Waals surface area contributed by atoms with Crippen molar-refractivity contribution >= 4 is 32.2 Å². The number of fused-ring (bicyclic) bond motifs is 2. The minimum absolute atomic E-state index is 0.221. The van der Waals surface area contributed by atoms with E-state index in [4.69, 9.17) is 0 Å². The van der Waals surface area contributed by atoms with Gasteiger partial charge < -0.3 is 9.97 Å². The van der Waals surface area contributed by atoms with E-state index in [1.807, 2.05) is 48.5 Å². The average molecular weight is 390 g/mol. The van der Waals surface area contributed by atoms with Gasteiger partial charge in [-0.3, -0.25) is 4.55 Å². The van der Waals surface area contributed by atoms with Crippen LogP contribution in [-0.4, -0.2) is 32.9 Å². The fourth-order valence-corrected chi connectivity index (χ4v) is 3.75. The van der Waals surface area contributed by atoms with Gasteiger partial charge in [-0.05, 0) is 42.5 Å². The summed E-state index contributed by atoms with van der Waals surface area (Å²) in [6.07, 6.45) is 0. The molecular weight excluding hydrogens is 376 g/mol. The first-order chi connectivity index (χ1) is 13.5. The lowest BCUT2D eigenvalue weighted by Crippen LogP contribution is -1.99. The van der Waals surface area contributed by atoms with E-state index in [-0.39, 0.29) is 4.90 Å². The molecule has 0 bridgehead atoms. The van der Waals surface area contributed by atoms with Gasteiger partial charge in [0.05, 0.1) is 27.0 Å². The lowest BCUT2D eigenvalue weighted by Gasteiger charge is -2.05. The molecule has 0 radical (unpaired) electrons. The highest BCUT2D eigenvalue weighted by molar-refractivity contribution is 7.85. The molecule has 0 amide bonds. The van der Waals surface area contributed by atoms with Crippen LogP contribution in [0.4, 0.5) is 0 Å². The Balaban J connectivity index is 1.74. The predicted octanol–water partition coefficient (Wildman–Crippen LogP) is 4.02. The molecule has 0 saturated carbocycles. The number of imidazole rings is 2. The summed E-state index contributed by atoms with van der Waals surface area (Å²) in [5.74, 6) is 1.01. The van der Waals surface area contributed by atoms with E-state index in [1.165, 1.54) is 12.1 Å². The highest BCUT2D eigenvalue weighted by Gasteiger charge is 2.17. The van der Waals surface area contributed by atoms with Crippen LogP contribution in [-0.2, 0) is 10.1 Å². The number of nitrogens with zero attached hydrogens (tertiary/aromatic N) is 2. The molecule has 0 atom stereocenters. The molecule has 0 aliphatic carbocycles. The Labute approximate surface area is 159 Å². The summed E-state index contributed by atoms with van der Waals surface area (Å²) in [7, 11) is -4.41. The number of hydrogen-bond donors (Lipinski definition) is 3. The molecule has 3 N–H and O–H groups in total. The molecule has 28 heavy (non-hydrogen) atoms. The normalized spacial score (nSPS) is 12.0. The van der Waals surface area contributed by atoms with Gasteiger partial charge in [0, 0.05) is 11.1 Å². The van der Waals surface area contributed by atoms with Gasteiger partial charge in [-0.2, -0.15) is 8.42 Å². The van der Waals surface area contributed by atoms with Gasteiger partial charge in [-0.15, -0.1) is 0 Å². The van der Waals surface area contributed by atoms with Crippen molar-refractivity contribution in [3.05, 3.63) is 66.7 Å². The molecule has 138 valence electrons. The highest BCUT2D eigenvalue weighted by Crippen LogP contribution is 2.29. The number of nitrogens with one attached hydrogen (secondary N) is 2. The van der Waals surface area contributed by atoms with Crippen molar-refractivity contribution < 1.29 is 13.0 Å². The van der Waals surface area contributed by atoms with Crippen LogP contribution in [0.1, 0.15) is 0 Å². The Kier molecular flexibility index (Phi) is 3.58. The SMILES string of the molecule is O=S(=O)(O)c1cc(-c2nc3ccccc3[nH]2)cc(-c2nc3ccccc3[nH]2)c1. The van der Waals surface area contributed by atoms with E-state index in [0.29, 0.717) is 22.8 Å². The summed E-state index contributed by atoms with van der Waals surface area (Å²) in [6.45, 7) is 0. The third-order valence-corrected chi connectivity index (χ3v) is 5.36. The van der Waals surface area contributed by atoms with E-state index in [1.54, 1.807) is 6.07 Å². The van der Waals surface area contributed by atoms with Crippen LogP contribution < -0.4 is 0 Å². The number of rotatable bonds is 3. The quantitative estimate of drug-likeness (QED) is 0.403. The molecule has 0 fully saturated rings. The summed E-state index contributed by atoms with van der Waals surface area (Å²) in [6, 6.07) is 19.6. The fraction of sp³-hybridized carbons (Fsp3) is 0. The largest absolute Gasteiger partial charge is 0.338 e. The Morgan fingerprint density at radius 2 is 1.18 bits per heavy atom. The topological polar surface area (TPSA) is 112 Å². The van der Waals surface area contributed by atoms with Crippen LogP contribution >= 0.6 is 0 Å². The second-order valence-electron chi connectivity index (χ2n) is 6.43. The van der Waals surface area contributed by atoms with Crippen molar-refractivity contribution in [1.82, 2.24) is 19.9 Å². The molecule has 8 heteroatoms. The monoisotopic (exact) mass is 390 g/mol. The molecular formula is C20H14N4O3S. The maximum absolute atomic E-state index is 11.8. The van der Waals surface area contributed by atoms with Crippen LogP contribution in [0.15, 0.2) is 71.6 Å². The van der Waals surface area contributed by atoms with E-state index in [2.05, 4.69) is 19.9 Å². The van der Waals surface area contributed by atoms with Gasteiger partial charge in [0.25, 0.3) is 10.1 Å². The Morgan fingerprint density at radius 1 is 0.714 bits per heavy atom. The van der Waals surface area contributed by atoms with Crippen molar-refractivity contribution in [1.29, 1.82) is 0 Å². The lowest BCUT2D eigenvalue weighted by molar-refractivity contribution is 0.483. The van der Waals surface area contributed by atoms with Crippen molar-refractivity contribution in [2.45, 2.75) is 4.90 Å². The average Bonchev–Trinajstić information content (AvgIpc) is 3.31. The maximum Gasteiger partial charge on any atom is 0.294 e. The van der Waals surface area contributed by atoms with Crippen LogP contribution in [0.5, 0.6) is 0 Å². The zero-order valence-corrected chi connectivity index (χ0v) is 15.2. The summed E-state index contributed by atoms with van der Waals surface area (Å²) >= 11 is 0. The summed E-state index contributed by atoms with van der Waals surface area (Å²) in [5.41, 5.74) is 4.25. The zero-order valence-electron chi connectivity index (χ0n) is 14.4. The number of para-hydroxylation sites is 4. The van der Waals surface area contributed by atoms with Gasteiger partial charge in [0.15, 0.2) is 0 Å². The summed E-state index contributed by atoms with van der Waals surface area (Å²) in [5, 5.41) is 0. The van der Waals surface area contributed by atoms with Gasteiger partial charge in [-0.25, -0.2) is 9.97 Å². The first kappa shape index (κ1) is 16.7. The molecule has 2 heterocycles. The predicted molar refractivity (Wildman–Crippen MR) is 106 cm³/mol. The number of aromatic amines is 2. The van der Waals surface area contributed by atoms with Gasteiger partial charge in [-0.1, -0.05) is 24.3 Å². The molecule has 0 saturated heterocycles. The molecule has 3 aromatic carbocycles. The second-order valence-corrected chi connectivity index (χ2v) is 7.85. The van der Waals surface area contributed by atoms with Crippen LogP contribution in [0.25, 0.3) is 44.8 Å². The highest BCUT2D eigenvalue weighted by atomic mass is 32.2. The number of H-pyrrole nitrogens is 2. The standard InChI is InChI=1S/C20H14N4O3S/c25-28(26,27)14-10-12(19-21-15-5-1-2-6-16(15)22-19)9-13(11-14)20-23-17-7-3-4-8-18(17)24-20/h1-11H,(H,21,22)(H,23,24)(H,25,26,27). The Bertz CT molecular complexity index is 1290. The minimum atomic E-state index is -4.41.